The second kappa shape index (κ2) is 20.1. The molecule has 0 aliphatic carbocycles. The SMILES string of the molecule is COc1ccc(CNc2nccn3c([C@@]4(C(C)(C)C)CN(C(=O)O)[C@@H](CO[Si](c5ccccc5)(c5ccccc5)C(C)(C)C)CO4)nc(-c4ccc(C(=O)Nc5cc(C(F)(F)F)ccn5)cc4)c23)c(OC)c1. The number of morpholine rings is 1. The van der Waals surface area contributed by atoms with Crippen molar-refractivity contribution >= 4 is 47.8 Å². The largest absolute Gasteiger partial charge is 0.497 e. The first-order valence-electron chi connectivity index (χ1n) is 23.4. The first-order chi connectivity index (χ1) is 34.2. The van der Waals surface area contributed by atoms with E-state index < -0.39 is 49.1 Å². The average molecular weight is 1000 g/mol. The highest BCUT2D eigenvalue weighted by Crippen LogP contribution is 2.48. The number of hydrogen-bond donors (Lipinski definition) is 3. The van der Waals surface area contributed by atoms with Crippen molar-refractivity contribution in [3.63, 3.8) is 0 Å². The number of hydrogen-bond acceptors (Lipinski definition) is 10. The van der Waals surface area contributed by atoms with Gasteiger partial charge in [0.2, 0.25) is 0 Å². The van der Waals surface area contributed by atoms with Gasteiger partial charge in [0, 0.05) is 53.3 Å². The molecule has 7 aromatic rings. The van der Waals surface area contributed by atoms with Crippen LogP contribution in [0.3, 0.4) is 0 Å². The number of benzene rings is 4. The fourth-order valence-corrected chi connectivity index (χ4v) is 14.1. The predicted molar refractivity (Wildman–Crippen MR) is 272 cm³/mol. The summed E-state index contributed by atoms with van der Waals surface area (Å²) in [6.07, 6.45) is -1.41. The summed E-state index contributed by atoms with van der Waals surface area (Å²) in [7, 11) is 0.0605. The maximum atomic E-state index is 13.7. The number of amides is 2. The highest BCUT2D eigenvalue weighted by Gasteiger charge is 2.56. The minimum Gasteiger partial charge on any atom is -0.497 e. The minimum absolute atomic E-state index is 0.0238. The highest BCUT2D eigenvalue weighted by atomic mass is 28.4. The number of halogens is 3. The van der Waals surface area contributed by atoms with E-state index in [1.54, 1.807) is 44.8 Å². The molecule has 8 rings (SSSR count). The number of carbonyl (C=O) groups excluding carboxylic acids is 1. The van der Waals surface area contributed by atoms with Crippen LogP contribution >= 0.6 is 0 Å². The molecule has 2 atom stereocenters. The summed E-state index contributed by atoms with van der Waals surface area (Å²) in [5.41, 5.74) is -0.635. The first kappa shape index (κ1) is 51.1. The van der Waals surface area contributed by atoms with Crippen LogP contribution in [-0.2, 0) is 27.5 Å². The maximum absolute atomic E-state index is 13.7. The number of carboxylic acid groups (broad SMARTS) is 1. The fourth-order valence-electron chi connectivity index (χ4n) is 9.49. The van der Waals surface area contributed by atoms with E-state index in [1.807, 2.05) is 73.7 Å². The number of nitrogens with one attached hydrogen (secondary N) is 2. The van der Waals surface area contributed by atoms with Gasteiger partial charge in [-0.25, -0.2) is 19.7 Å². The van der Waals surface area contributed by atoms with Crippen molar-refractivity contribution in [2.45, 2.75) is 70.9 Å². The molecule has 14 nitrogen and oxygen atoms in total. The molecule has 0 unspecified atom stereocenters. The molecule has 0 radical (unpaired) electrons. The van der Waals surface area contributed by atoms with Crippen LogP contribution in [0.2, 0.25) is 5.04 Å². The topological polar surface area (TPSA) is 162 Å². The predicted octanol–water partition coefficient (Wildman–Crippen LogP) is 9.89. The van der Waals surface area contributed by atoms with Gasteiger partial charge in [-0.05, 0) is 51.8 Å². The van der Waals surface area contributed by atoms with Crippen molar-refractivity contribution < 1.29 is 46.5 Å². The lowest BCUT2D eigenvalue weighted by Crippen LogP contribution is -2.68. The number of anilines is 2. The van der Waals surface area contributed by atoms with Gasteiger partial charge >= 0.3 is 12.3 Å². The molecule has 18 heteroatoms. The third-order valence-electron chi connectivity index (χ3n) is 13.3. The molecule has 72 heavy (non-hydrogen) atoms. The van der Waals surface area contributed by atoms with Gasteiger partial charge in [0.15, 0.2) is 5.82 Å². The zero-order chi connectivity index (χ0) is 51.6. The standard InChI is InChI=1S/C54H58F3N7O7Si/c1-51(2,3)53(34-64(50(66)67)39(32-70-53)33-71-72(52(4,5)6,41-15-11-9-12-16-41)42-17-13-10-14-18-42)49-62-45(35-19-21-36(22-20-35)48(65)61-44-29-38(25-26-58-44)54(55,56)57)46-47(59-27-28-63(46)49)60-31-37-23-24-40(68-7)30-43(37)69-8/h9-30,39H,31-34H2,1-8H3,(H,59,60)(H,66,67)(H,58,61,65)/t39-,53-/m1/s1. The molecule has 1 aliphatic rings. The first-order valence-corrected chi connectivity index (χ1v) is 25.3. The number of imidazole rings is 1. The van der Waals surface area contributed by atoms with Gasteiger partial charge in [-0.3, -0.25) is 14.1 Å². The number of ether oxygens (including phenoxy) is 3. The summed E-state index contributed by atoms with van der Waals surface area (Å²) >= 11 is 0. The number of alkyl halides is 3. The van der Waals surface area contributed by atoms with Crippen molar-refractivity contribution in [1.82, 2.24) is 24.3 Å². The van der Waals surface area contributed by atoms with Gasteiger partial charge in [-0.2, -0.15) is 13.2 Å². The summed E-state index contributed by atoms with van der Waals surface area (Å²) in [6.45, 7) is 12.6. The lowest BCUT2D eigenvalue weighted by atomic mass is 9.74. The van der Waals surface area contributed by atoms with Gasteiger partial charge in [-0.1, -0.05) is 114 Å². The molecule has 1 saturated heterocycles. The molecule has 0 spiro atoms. The van der Waals surface area contributed by atoms with Crippen molar-refractivity contribution in [3.8, 4) is 22.8 Å². The van der Waals surface area contributed by atoms with E-state index in [0.717, 1.165) is 34.3 Å². The molecule has 0 bridgehead atoms. The van der Waals surface area contributed by atoms with Crippen LogP contribution in [0.15, 0.2) is 134 Å². The Labute approximate surface area is 417 Å². The molecular weight excluding hydrogens is 944 g/mol. The number of fused-ring (bicyclic) bond motifs is 1. The second-order valence-electron chi connectivity index (χ2n) is 19.7. The fraction of sp³-hybridized carbons (Fsp3) is 0.315. The normalized spacial score (nSPS) is 16.6. The van der Waals surface area contributed by atoms with Crippen LogP contribution < -0.4 is 30.5 Å². The molecule has 3 aromatic heterocycles. The zero-order valence-corrected chi connectivity index (χ0v) is 42.4. The zero-order valence-electron chi connectivity index (χ0n) is 41.4. The van der Waals surface area contributed by atoms with Gasteiger partial charge in [0.1, 0.15) is 40.0 Å². The van der Waals surface area contributed by atoms with E-state index in [2.05, 4.69) is 60.7 Å². The molecule has 4 aromatic carbocycles. The van der Waals surface area contributed by atoms with Gasteiger partial charge in [0.05, 0.1) is 45.6 Å². The quantitative estimate of drug-likeness (QED) is 0.0890. The van der Waals surface area contributed by atoms with Crippen molar-refractivity contribution in [2.75, 3.05) is 44.6 Å². The summed E-state index contributed by atoms with van der Waals surface area (Å²) in [5, 5.41) is 18.9. The molecule has 1 fully saturated rings. The molecule has 376 valence electrons. The van der Waals surface area contributed by atoms with Crippen LogP contribution in [0.1, 0.15) is 68.9 Å². The summed E-state index contributed by atoms with van der Waals surface area (Å²) in [6, 6.07) is 33.1. The van der Waals surface area contributed by atoms with Gasteiger partial charge < -0.3 is 34.4 Å². The highest BCUT2D eigenvalue weighted by molar-refractivity contribution is 6.99. The molecule has 2 amide bonds. The van der Waals surface area contributed by atoms with Crippen molar-refractivity contribution in [3.05, 3.63) is 156 Å². The van der Waals surface area contributed by atoms with Crippen LogP contribution in [0.5, 0.6) is 11.5 Å². The monoisotopic (exact) mass is 1000 g/mol. The third-order valence-corrected chi connectivity index (χ3v) is 18.3. The Morgan fingerprint density at radius 3 is 2.10 bits per heavy atom. The number of carbonyl (C=O) groups is 2. The molecule has 4 heterocycles. The van der Waals surface area contributed by atoms with Crippen molar-refractivity contribution in [2.24, 2.45) is 5.41 Å². The smallest absolute Gasteiger partial charge is 0.416 e. The number of aromatic nitrogens is 4. The summed E-state index contributed by atoms with van der Waals surface area (Å²) in [4.78, 5) is 42.5. The molecule has 0 saturated carbocycles. The van der Waals surface area contributed by atoms with Crippen LogP contribution in [0.25, 0.3) is 16.8 Å². The molecular formula is C54H58F3N7O7Si. The number of rotatable bonds is 14. The number of nitrogens with zero attached hydrogens (tertiary/aromatic N) is 5. The molecule has 3 N–H and O–H groups in total. The van der Waals surface area contributed by atoms with E-state index in [-0.39, 0.29) is 42.7 Å². The Morgan fingerprint density at radius 1 is 0.847 bits per heavy atom. The van der Waals surface area contributed by atoms with Crippen LogP contribution in [0, 0.1) is 5.41 Å². The van der Waals surface area contributed by atoms with E-state index in [0.29, 0.717) is 39.9 Å². The van der Waals surface area contributed by atoms with Crippen molar-refractivity contribution in [1.29, 1.82) is 0 Å². The Hall–Kier alpha value is -7.28. The van der Waals surface area contributed by atoms with E-state index >= 15 is 0 Å². The lowest BCUT2D eigenvalue weighted by molar-refractivity contribution is -0.191. The number of methoxy groups -OCH3 is 2. The van der Waals surface area contributed by atoms with Gasteiger partial charge in [0.25, 0.3) is 14.2 Å². The van der Waals surface area contributed by atoms with E-state index in [1.165, 1.54) is 17.0 Å². The Morgan fingerprint density at radius 2 is 1.51 bits per heavy atom. The summed E-state index contributed by atoms with van der Waals surface area (Å²) in [5.74, 6) is 1.10. The summed E-state index contributed by atoms with van der Waals surface area (Å²) < 4.78 is 67.8. The Kier molecular flexibility index (Phi) is 14.2. The van der Waals surface area contributed by atoms with Crippen LogP contribution in [-0.4, -0.2) is 89.7 Å². The van der Waals surface area contributed by atoms with Gasteiger partial charge in [-0.15, -0.1) is 0 Å². The number of pyridine rings is 1. The molecule has 1 aliphatic heterocycles. The lowest BCUT2D eigenvalue weighted by Gasteiger charge is -2.52. The Bertz CT molecular complexity index is 3010. The minimum atomic E-state index is -4.62. The maximum Gasteiger partial charge on any atom is 0.416 e. The van der Waals surface area contributed by atoms with E-state index in [4.69, 9.17) is 28.6 Å². The average Bonchev–Trinajstić information content (AvgIpc) is 3.76. The third kappa shape index (κ3) is 9.85. The van der Waals surface area contributed by atoms with Crippen LogP contribution in [0.4, 0.5) is 29.6 Å². The second-order valence-corrected chi connectivity index (χ2v) is 24.0. The van der Waals surface area contributed by atoms with E-state index in [9.17, 15) is 27.9 Å². The Balaban J connectivity index is 1.20.